The lowest BCUT2D eigenvalue weighted by molar-refractivity contribution is -0.385. The zero-order valence-electron chi connectivity index (χ0n) is 14.5. The molecule has 0 aliphatic carbocycles. The Morgan fingerprint density at radius 1 is 1.29 bits per heavy atom. The molecular formula is C18H27N3O3. The zero-order chi connectivity index (χ0) is 17.5. The molecule has 0 aromatic heterocycles. The highest BCUT2D eigenvalue weighted by Gasteiger charge is 2.21. The van der Waals surface area contributed by atoms with E-state index in [9.17, 15) is 14.9 Å². The van der Waals surface area contributed by atoms with Crippen LogP contribution < -0.4 is 5.32 Å². The van der Waals surface area contributed by atoms with Crippen molar-refractivity contribution in [3.63, 3.8) is 0 Å². The highest BCUT2D eigenvalue weighted by molar-refractivity contribution is 5.79. The van der Waals surface area contributed by atoms with E-state index in [0.717, 1.165) is 37.9 Å². The van der Waals surface area contributed by atoms with Gasteiger partial charge in [0.1, 0.15) is 0 Å². The summed E-state index contributed by atoms with van der Waals surface area (Å²) in [6.45, 7) is 8.44. The number of carbonyl (C=O) groups excluding carboxylic acids is 1. The van der Waals surface area contributed by atoms with Crippen molar-refractivity contribution in [2.24, 2.45) is 11.8 Å². The van der Waals surface area contributed by atoms with Gasteiger partial charge in [-0.05, 0) is 31.2 Å². The largest absolute Gasteiger partial charge is 0.356 e. The first-order valence-corrected chi connectivity index (χ1v) is 8.67. The molecule has 6 heteroatoms. The maximum absolute atomic E-state index is 12.0. The van der Waals surface area contributed by atoms with E-state index in [4.69, 9.17) is 0 Å². The average Bonchev–Trinajstić information content (AvgIpc) is 2.51. The quantitative estimate of drug-likeness (QED) is 0.473. The van der Waals surface area contributed by atoms with Gasteiger partial charge in [-0.1, -0.05) is 32.0 Å². The van der Waals surface area contributed by atoms with E-state index in [2.05, 4.69) is 24.1 Å². The summed E-state index contributed by atoms with van der Waals surface area (Å²) in [7, 11) is 0. The number of nitro groups is 1. The Balaban J connectivity index is 1.71. The molecule has 1 fully saturated rings. The van der Waals surface area contributed by atoms with E-state index < -0.39 is 4.92 Å². The van der Waals surface area contributed by atoms with Gasteiger partial charge < -0.3 is 10.2 Å². The summed E-state index contributed by atoms with van der Waals surface area (Å²) < 4.78 is 0. The monoisotopic (exact) mass is 333 g/mol. The fraction of sp³-hybridized carbons (Fsp3) is 0.611. The summed E-state index contributed by atoms with van der Waals surface area (Å²) in [6.07, 6.45) is 2.25. The summed E-state index contributed by atoms with van der Waals surface area (Å²) >= 11 is 0. The van der Waals surface area contributed by atoms with Gasteiger partial charge in [0, 0.05) is 31.3 Å². The first-order valence-electron chi connectivity index (χ1n) is 8.67. The van der Waals surface area contributed by atoms with Gasteiger partial charge in [-0.2, -0.15) is 0 Å². The van der Waals surface area contributed by atoms with E-state index in [1.54, 1.807) is 18.2 Å². The van der Waals surface area contributed by atoms with Crippen LogP contribution >= 0.6 is 0 Å². The Bertz CT molecular complexity index is 566. The van der Waals surface area contributed by atoms with Crippen LogP contribution in [0.5, 0.6) is 0 Å². The number of carbonyl (C=O) groups is 1. The highest BCUT2D eigenvalue weighted by atomic mass is 16.6. The SMILES string of the molecule is CC1CC(C)CN(CCCNC(=O)Cc2ccccc2[N+](=O)[O-])C1. The normalized spacial score (nSPS) is 21.4. The van der Waals surface area contributed by atoms with Crippen LogP contribution in [0.3, 0.4) is 0 Å². The number of nitrogens with zero attached hydrogens (tertiary/aromatic N) is 2. The van der Waals surface area contributed by atoms with Gasteiger partial charge in [0.2, 0.25) is 5.91 Å². The molecular weight excluding hydrogens is 306 g/mol. The number of nitro benzene ring substituents is 1. The second kappa shape index (κ2) is 8.78. The molecule has 132 valence electrons. The van der Waals surface area contributed by atoms with Gasteiger partial charge in [0.05, 0.1) is 11.3 Å². The molecule has 0 saturated carbocycles. The van der Waals surface area contributed by atoms with E-state index in [1.165, 1.54) is 12.5 Å². The van der Waals surface area contributed by atoms with Crippen LogP contribution in [0.4, 0.5) is 5.69 Å². The maximum atomic E-state index is 12.0. The number of benzene rings is 1. The summed E-state index contributed by atoms with van der Waals surface area (Å²) in [5, 5.41) is 13.8. The molecule has 1 aliphatic rings. The maximum Gasteiger partial charge on any atom is 0.273 e. The lowest BCUT2D eigenvalue weighted by atomic mass is 9.92. The molecule has 2 atom stereocenters. The Kier molecular flexibility index (Phi) is 6.73. The number of hydrogen-bond acceptors (Lipinski definition) is 4. The molecule has 1 saturated heterocycles. The molecule has 1 heterocycles. The number of likely N-dealkylation sites (tertiary alicyclic amines) is 1. The fourth-order valence-electron chi connectivity index (χ4n) is 3.58. The van der Waals surface area contributed by atoms with E-state index in [0.29, 0.717) is 12.1 Å². The van der Waals surface area contributed by atoms with Crippen LogP contribution in [0.15, 0.2) is 24.3 Å². The smallest absolute Gasteiger partial charge is 0.273 e. The third kappa shape index (κ3) is 5.60. The number of amides is 1. The molecule has 0 bridgehead atoms. The summed E-state index contributed by atoms with van der Waals surface area (Å²) in [5.41, 5.74) is 0.461. The van der Waals surface area contributed by atoms with Crippen LogP contribution in [0, 0.1) is 22.0 Å². The van der Waals surface area contributed by atoms with Gasteiger partial charge in [-0.25, -0.2) is 0 Å². The van der Waals surface area contributed by atoms with Crippen molar-refractivity contribution >= 4 is 11.6 Å². The minimum atomic E-state index is -0.443. The predicted molar refractivity (Wildman–Crippen MR) is 93.8 cm³/mol. The number of nitrogens with one attached hydrogen (secondary N) is 1. The van der Waals surface area contributed by atoms with Crippen LogP contribution in [-0.4, -0.2) is 41.9 Å². The van der Waals surface area contributed by atoms with Crippen LogP contribution in [0.1, 0.15) is 32.3 Å². The van der Waals surface area contributed by atoms with Crippen molar-refractivity contribution in [2.75, 3.05) is 26.2 Å². The van der Waals surface area contributed by atoms with E-state index in [1.807, 2.05) is 0 Å². The van der Waals surface area contributed by atoms with Crippen LogP contribution in [-0.2, 0) is 11.2 Å². The lowest BCUT2D eigenvalue weighted by Crippen LogP contribution is -2.40. The second-order valence-corrected chi connectivity index (χ2v) is 6.97. The predicted octanol–water partition coefficient (Wildman–Crippen LogP) is 2.62. The number of rotatable bonds is 7. The van der Waals surface area contributed by atoms with E-state index >= 15 is 0 Å². The minimum absolute atomic E-state index is 0.00365. The van der Waals surface area contributed by atoms with Crippen molar-refractivity contribution in [3.05, 3.63) is 39.9 Å². The first-order chi connectivity index (χ1) is 11.5. The van der Waals surface area contributed by atoms with Crippen molar-refractivity contribution in [1.82, 2.24) is 10.2 Å². The summed E-state index contributed by atoms with van der Waals surface area (Å²) in [6, 6.07) is 6.39. The number of hydrogen-bond donors (Lipinski definition) is 1. The minimum Gasteiger partial charge on any atom is -0.356 e. The molecule has 1 aliphatic heterocycles. The molecule has 6 nitrogen and oxygen atoms in total. The molecule has 1 aromatic rings. The van der Waals surface area contributed by atoms with Gasteiger partial charge in [-0.3, -0.25) is 14.9 Å². The third-order valence-electron chi connectivity index (χ3n) is 4.46. The van der Waals surface area contributed by atoms with Crippen molar-refractivity contribution < 1.29 is 9.72 Å². The zero-order valence-corrected chi connectivity index (χ0v) is 14.5. The summed E-state index contributed by atoms with van der Waals surface area (Å²) in [5.74, 6) is 1.31. The molecule has 0 spiro atoms. The molecule has 1 aromatic carbocycles. The topological polar surface area (TPSA) is 75.5 Å². The Labute approximate surface area is 143 Å². The molecule has 24 heavy (non-hydrogen) atoms. The molecule has 0 radical (unpaired) electrons. The van der Waals surface area contributed by atoms with Crippen molar-refractivity contribution in [1.29, 1.82) is 0 Å². The molecule has 2 unspecified atom stereocenters. The van der Waals surface area contributed by atoms with Crippen molar-refractivity contribution in [3.8, 4) is 0 Å². The van der Waals surface area contributed by atoms with E-state index in [-0.39, 0.29) is 18.0 Å². The molecule has 1 amide bonds. The molecule has 2 rings (SSSR count). The Hall–Kier alpha value is -1.95. The van der Waals surface area contributed by atoms with Crippen molar-refractivity contribution in [2.45, 2.75) is 33.1 Å². The standard InChI is InChI=1S/C18H27N3O3/c1-14-10-15(2)13-20(12-14)9-5-8-19-18(22)11-16-6-3-4-7-17(16)21(23)24/h3-4,6-7,14-15H,5,8-13H2,1-2H3,(H,19,22). The van der Waals surface area contributed by atoms with Gasteiger partial charge in [0.25, 0.3) is 5.69 Å². The number of para-hydroxylation sites is 1. The fourth-order valence-corrected chi connectivity index (χ4v) is 3.58. The summed E-state index contributed by atoms with van der Waals surface area (Å²) in [4.78, 5) is 25.0. The lowest BCUT2D eigenvalue weighted by Gasteiger charge is -2.34. The Morgan fingerprint density at radius 3 is 2.62 bits per heavy atom. The molecule has 1 N–H and O–H groups in total. The highest BCUT2D eigenvalue weighted by Crippen LogP contribution is 2.21. The third-order valence-corrected chi connectivity index (χ3v) is 4.46. The van der Waals surface area contributed by atoms with Gasteiger partial charge in [0.15, 0.2) is 0 Å². The van der Waals surface area contributed by atoms with Crippen LogP contribution in [0.25, 0.3) is 0 Å². The first kappa shape index (κ1) is 18.4. The van der Waals surface area contributed by atoms with Gasteiger partial charge >= 0.3 is 0 Å². The number of piperidine rings is 1. The van der Waals surface area contributed by atoms with Gasteiger partial charge in [-0.15, -0.1) is 0 Å². The second-order valence-electron chi connectivity index (χ2n) is 6.97. The van der Waals surface area contributed by atoms with Crippen LogP contribution in [0.2, 0.25) is 0 Å². The Morgan fingerprint density at radius 2 is 1.96 bits per heavy atom. The average molecular weight is 333 g/mol.